The molecule has 1 aliphatic heterocycles. The lowest BCUT2D eigenvalue weighted by molar-refractivity contribution is 0.518. The zero-order valence-electron chi connectivity index (χ0n) is 8.35. The number of hydrogen-bond donors (Lipinski definition) is 1. The molecular weight excluding hydrogens is 232 g/mol. The molecule has 0 radical (unpaired) electrons. The van der Waals surface area contributed by atoms with E-state index in [1.165, 1.54) is 0 Å². The third-order valence-corrected chi connectivity index (χ3v) is 5.02. The minimum Gasteiger partial charge on any atom is -0.311 e. The Morgan fingerprint density at radius 3 is 3.07 bits per heavy atom. The van der Waals surface area contributed by atoms with Crippen molar-refractivity contribution in [1.82, 2.24) is 10.3 Å². The molecular formula is C9H14N2O2S2. The van der Waals surface area contributed by atoms with E-state index in [2.05, 4.69) is 10.3 Å². The molecule has 1 aromatic heterocycles. The second kappa shape index (κ2) is 4.59. The smallest absolute Gasteiger partial charge is 0.150 e. The summed E-state index contributed by atoms with van der Waals surface area (Å²) >= 11 is 1.58. The second-order valence-corrected chi connectivity index (χ2v) is 6.83. The summed E-state index contributed by atoms with van der Waals surface area (Å²) in [4.78, 5) is 4.15. The maximum absolute atomic E-state index is 11.2. The van der Waals surface area contributed by atoms with E-state index in [-0.39, 0.29) is 5.92 Å². The van der Waals surface area contributed by atoms with Crippen LogP contribution in [0.3, 0.4) is 0 Å². The maximum atomic E-state index is 11.2. The number of hydrogen-bond acceptors (Lipinski definition) is 5. The fourth-order valence-corrected chi connectivity index (χ4v) is 4.18. The van der Waals surface area contributed by atoms with Gasteiger partial charge in [0, 0.05) is 11.9 Å². The Balaban J connectivity index is 1.71. The third kappa shape index (κ3) is 3.25. The molecule has 0 amide bonds. The largest absolute Gasteiger partial charge is 0.311 e. The summed E-state index contributed by atoms with van der Waals surface area (Å²) in [5, 5.41) is 5.25. The van der Waals surface area contributed by atoms with Crippen molar-refractivity contribution >= 4 is 21.2 Å². The van der Waals surface area contributed by atoms with E-state index in [4.69, 9.17) is 0 Å². The van der Waals surface area contributed by atoms with E-state index in [1.807, 2.05) is 5.38 Å². The van der Waals surface area contributed by atoms with Crippen molar-refractivity contribution < 1.29 is 8.42 Å². The summed E-state index contributed by atoms with van der Waals surface area (Å²) in [6, 6.07) is 0. The SMILES string of the molecule is O=S1(=O)CCC(CNCc2cscn2)C1. The van der Waals surface area contributed by atoms with Gasteiger partial charge >= 0.3 is 0 Å². The molecule has 84 valence electrons. The molecule has 1 N–H and O–H groups in total. The highest BCUT2D eigenvalue weighted by atomic mass is 32.2. The first-order valence-corrected chi connectivity index (χ1v) is 7.70. The van der Waals surface area contributed by atoms with Crippen LogP contribution in [-0.4, -0.2) is 31.5 Å². The van der Waals surface area contributed by atoms with Gasteiger partial charge in [0.25, 0.3) is 0 Å². The highest BCUT2D eigenvalue weighted by Crippen LogP contribution is 2.17. The monoisotopic (exact) mass is 246 g/mol. The number of rotatable bonds is 4. The van der Waals surface area contributed by atoms with Crippen LogP contribution in [0, 0.1) is 5.92 Å². The average Bonchev–Trinajstić information content (AvgIpc) is 2.76. The van der Waals surface area contributed by atoms with E-state index >= 15 is 0 Å². The van der Waals surface area contributed by atoms with Gasteiger partial charge in [0.2, 0.25) is 0 Å². The van der Waals surface area contributed by atoms with Crippen LogP contribution in [-0.2, 0) is 16.4 Å². The molecule has 0 spiro atoms. The van der Waals surface area contributed by atoms with E-state index in [0.29, 0.717) is 11.5 Å². The molecule has 1 atom stereocenters. The van der Waals surface area contributed by atoms with E-state index in [0.717, 1.165) is 25.2 Å². The van der Waals surface area contributed by atoms with E-state index < -0.39 is 9.84 Å². The predicted octanol–water partition coefficient (Wildman–Crippen LogP) is 0.667. The van der Waals surface area contributed by atoms with Crippen LogP contribution in [0.5, 0.6) is 0 Å². The van der Waals surface area contributed by atoms with E-state index in [1.54, 1.807) is 16.8 Å². The average molecular weight is 246 g/mol. The molecule has 0 saturated carbocycles. The first-order chi connectivity index (χ1) is 7.16. The summed E-state index contributed by atoms with van der Waals surface area (Å²) in [7, 11) is -2.73. The quantitative estimate of drug-likeness (QED) is 0.848. The minimum absolute atomic E-state index is 0.286. The molecule has 6 heteroatoms. The molecule has 0 aliphatic carbocycles. The number of nitrogens with one attached hydrogen (secondary N) is 1. The number of sulfone groups is 1. The Hall–Kier alpha value is -0.460. The van der Waals surface area contributed by atoms with E-state index in [9.17, 15) is 8.42 Å². The van der Waals surface area contributed by atoms with Crippen molar-refractivity contribution in [2.24, 2.45) is 5.92 Å². The standard InChI is InChI=1S/C9H14N2O2S2/c12-15(13)2-1-8(6-15)3-10-4-9-5-14-7-11-9/h5,7-8,10H,1-4,6H2. The molecule has 15 heavy (non-hydrogen) atoms. The predicted molar refractivity (Wildman–Crippen MR) is 60.6 cm³/mol. The second-order valence-electron chi connectivity index (χ2n) is 3.88. The molecule has 4 nitrogen and oxygen atoms in total. The summed E-state index contributed by atoms with van der Waals surface area (Å²) in [5.74, 6) is 0.987. The molecule has 0 aromatic carbocycles. The van der Waals surface area contributed by atoms with Crippen molar-refractivity contribution in [2.75, 3.05) is 18.1 Å². The lowest BCUT2D eigenvalue weighted by Gasteiger charge is -2.07. The van der Waals surface area contributed by atoms with Crippen molar-refractivity contribution in [3.63, 3.8) is 0 Å². The highest BCUT2D eigenvalue weighted by Gasteiger charge is 2.27. The number of nitrogens with zero attached hydrogens (tertiary/aromatic N) is 1. The molecule has 1 aliphatic rings. The van der Waals surface area contributed by atoms with Crippen LogP contribution in [0.25, 0.3) is 0 Å². The van der Waals surface area contributed by atoms with Crippen molar-refractivity contribution in [3.8, 4) is 0 Å². The highest BCUT2D eigenvalue weighted by molar-refractivity contribution is 7.91. The van der Waals surface area contributed by atoms with Crippen LogP contribution >= 0.6 is 11.3 Å². The van der Waals surface area contributed by atoms with Gasteiger partial charge in [-0.3, -0.25) is 0 Å². The van der Waals surface area contributed by atoms with Gasteiger partial charge in [-0.25, -0.2) is 13.4 Å². The lowest BCUT2D eigenvalue weighted by atomic mass is 10.1. The third-order valence-electron chi connectivity index (χ3n) is 2.55. The Bertz CT molecular complexity index is 400. The van der Waals surface area contributed by atoms with Crippen molar-refractivity contribution in [3.05, 3.63) is 16.6 Å². The van der Waals surface area contributed by atoms with Gasteiger partial charge < -0.3 is 5.32 Å². The van der Waals surface area contributed by atoms with Crippen LogP contribution < -0.4 is 5.32 Å². The van der Waals surface area contributed by atoms with Crippen molar-refractivity contribution in [2.45, 2.75) is 13.0 Å². The zero-order chi connectivity index (χ0) is 10.7. The van der Waals surface area contributed by atoms with Gasteiger partial charge in [0.05, 0.1) is 22.7 Å². The summed E-state index contributed by atoms with van der Waals surface area (Å²) < 4.78 is 22.4. The fraction of sp³-hybridized carbons (Fsp3) is 0.667. The zero-order valence-corrected chi connectivity index (χ0v) is 9.98. The molecule has 1 unspecified atom stereocenters. The summed E-state index contributed by atoms with van der Waals surface area (Å²) in [5.41, 5.74) is 2.83. The molecule has 1 aromatic rings. The topological polar surface area (TPSA) is 59.1 Å². The lowest BCUT2D eigenvalue weighted by Crippen LogP contribution is -2.23. The maximum Gasteiger partial charge on any atom is 0.150 e. The molecule has 2 rings (SSSR count). The Morgan fingerprint density at radius 2 is 2.47 bits per heavy atom. The van der Waals surface area contributed by atoms with Crippen molar-refractivity contribution in [1.29, 1.82) is 0 Å². The Kier molecular flexibility index (Phi) is 3.38. The van der Waals surface area contributed by atoms with Gasteiger partial charge in [-0.15, -0.1) is 11.3 Å². The van der Waals surface area contributed by atoms with Crippen LogP contribution in [0.15, 0.2) is 10.9 Å². The molecule has 1 saturated heterocycles. The van der Waals surface area contributed by atoms with Crippen LogP contribution in [0.1, 0.15) is 12.1 Å². The molecule has 0 bridgehead atoms. The van der Waals surface area contributed by atoms with Crippen LogP contribution in [0.2, 0.25) is 0 Å². The van der Waals surface area contributed by atoms with Gasteiger partial charge in [-0.1, -0.05) is 0 Å². The van der Waals surface area contributed by atoms with Gasteiger partial charge in [-0.2, -0.15) is 0 Å². The summed E-state index contributed by atoms with van der Waals surface area (Å²) in [6.45, 7) is 1.51. The molecule has 2 heterocycles. The summed E-state index contributed by atoms with van der Waals surface area (Å²) in [6.07, 6.45) is 0.798. The fourth-order valence-electron chi connectivity index (χ4n) is 1.76. The van der Waals surface area contributed by atoms with Gasteiger partial charge in [0.1, 0.15) is 0 Å². The first-order valence-electron chi connectivity index (χ1n) is 4.94. The first kappa shape index (κ1) is 11.0. The van der Waals surface area contributed by atoms with Crippen LogP contribution in [0.4, 0.5) is 0 Å². The normalized spacial score (nSPS) is 24.4. The number of aromatic nitrogens is 1. The molecule has 1 fully saturated rings. The number of thiazole rings is 1. The van der Waals surface area contributed by atoms with Gasteiger partial charge in [0.15, 0.2) is 9.84 Å². The van der Waals surface area contributed by atoms with Gasteiger partial charge in [-0.05, 0) is 18.9 Å². The minimum atomic E-state index is -2.73. The Morgan fingerprint density at radius 1 is 1.60 bits per heavy atom. The Labute approximate surface area is 93.7 Å².